The Morgan fingerprint density at radius 2 is 1.96 bits per heavy atom. The van der Waals surface area contributed by atoms with E-state index in [1.54, 1.807) is 30.3 Å². The smallest absolute Gasteiger partial charge is 0.271 e. The third kappa shape index (κ3) is 5.54. The summed E-state index contributed by atoms with van der Waals surface area (Å²) >= 11 is 10.9. The van der Waals surface area contributed by atoms with Crippen LogP contribution in [0.15, 0.2) is 48.5 Å². The zero-order valence-corrected chi connectivity index (χ0v) is 15.1. The maximum absolute atomic E-state index is 11.9. The highest BCUT2D eigenvalue weighted by Gasteiger charge is 2.13. The molecular weight excluding hydrogens is 378 g/mol. The second-order valence-electron chi connectivity index (χ2n) is 4.97. The number of methoxy groups -OCH3 is 1. The summed E-state index contributed by atoms with van der Waals surface area (Å²) in [5, 5.41) is 16.6. The molecule has 0 aliphatic carbocycles. The summed E-state index contributed by atoms with van der Waals surface area (Å²) in [7, 11) is 1.42. The van der Waals surface area contributed by atoms with Crippen LogP contribution < -0.4 is 15.4 Å². The Labute approximate surface area is 159 Å². The Morgan fingerprint density at radius 3 is 2.58 bits per heavy atom. The van der Waals surface area contributed by atoms with Crippen molar-refractivity contribution in [1.29, 1.82) is 0 Å². The van der Waals surface area contributed by atoms with Crippen LogP contribution >= 0.6 is 23.8 Å². The molecule has 0 aliphatic heterocycles. The Bertz CT molecular complexity index is 869. The number of non-ortho nitro benzene ring substituents is 1. The van der Waals surface area contributed by atoms with Gasteiger partial charge in [-0.3, -0.25) is 20.2 Å². The number of anilines is 1. The molecule has 0 aliphatic rings. The number of nitro groups is 1. The Kier molecular flexibility index (Phi) is 6.65. The molecule has 0 heterocycles. The predicted octanol–water partition coefficient (Wildman–Crippen LogP) is 3.78. The van der Waals surface area contributed by atoms with Crippen LogP contribution in [0.5, 0.6) is 5.75 Å². The molecule has 2 aromatic carbocycles. The molecule has 9 heteroatoms. The maximum atomic E-state index is 11.9. The van der Waals surface area contributed by atoms with Crippen LogP contribution in [-0.4, -0.2) is 23.1 Å². The molecule has 0 unspecified atom stereocenters. The molecule has 0 spiro atoms. The quantitative estimate of drug-likeness (QED) is 0.348. The molecule has 1 amide bonds. The fourth-order valence-electron chi connectivity index (χ4n) is 1.96. The summed E-state index contributed by atoms with van der Waals surface area (Å²) in [5.41, 5.74) is 0.933. The number of hydrogen-bond acceptors (Lipinski definition) is 5. The molecule has 134 valence electrons. The number of amides is 1. The van der Waals surface area contributed by atoms with Crippen LogP contribution in [0.3, 0.4) is 0 Å². The number of thiocarbonyl (C=S) groups is 1. The van der Waals surface area contributed by atoms with Gasteiger partial charge >= 0.3 is 0 Å². The number of halogens is 1. The van der Waals surface area contributed by atoms with Gasteiger partial charge in [0.05, 0.1) is 17.7 Å². The van der Waals surface area contributed by atoms with Gasteiger partial charge in [-0.2, -0.15) is 0 Å². The predicted molar refractivity (Wildman–Crippen MR) is 104 cm³/mol. The largest absolute Gasteiger partial charge is 0.495 e. The Hall–Kier alpha value is -2.97. The summed E-state index contributed by atoms with van der Waals surface area (Å²) in [6, 6.07) is 10.9. The first-order valence-electron chi connectivity index (χ1n) is 7.27. The van der Waals surface area contributed by atoms with E-state index < -0.39 is 10.8 Å². The van der Waals surface area contributed by atoms with E-state index in [1.807, 2.05) is 0 Å². The molecule has 2 N–H and O–H groups in total. The minimum absolute atomic E-state index is 0.0189. The number of nitrogens with one attached hydrogen (secondary N) is 2. The lowest BCUT2D eigenvalue weighted by atomic mass is 10.2. The molecule has 0 radical (unpaired) electrons. The van der Waals surface area contributed by atoms with E-state index in [0.717, 1.165) is 5.56 Å². The standard InChI is InChI=1S/C17H14ClN3O4S/c1-25-15-8-7-13(21(23)24)10-14(15)19-17(26)20-16(22)9-4-11-2-5-12(18)6-3-11/h2-10H,1H3,(H2,19,20,22,26)/b9-4+. The fourth-order valence-corrected chi connectivity index (χ4v) is 2.30. The topological polar surface area (TPSA) is 93.5 Å². The molecule has 0 bridgehead atoms. The fraction of sp³-hybridized carbons (Fsp3) is 0.0588. The lowest BCUT2D eigenvalue weighted by Crippen LogP contribution is -2.32. The van der Waals surface area contributed by atoms with Gasteiger partial charge in [0.2, 0.25) is 5.91 Å². The number of ether oxygens (including phenoxy) is 1. The zero-order chi connectivity index (χ0) is 19.1. The third-order valence-corrected chi connectivity index (χ3v) is 3.63. The second kappa shape index (κ2) is 8.93. The van der Waals surface area contributed by atoms with Gasteiger partial charge in [-0.05, 0) is 42.1 Å². The van der Waals surface area contributed by atoms with Gasteiger partial charge < -0.3 is 10.1 Å². The highest BCUT2D eigenvalue weighted by atomic mass is 35.5. The molecule has 0 saturated carbocycles. The second-order valence-corrected chi connectivity index (χ2v) is 5.81. The number of nitro benzene ring substituents is 1. The van der Waals surface area contributed by atoms with Crippen molar-refractivity contribution in [3.8, 4) is 5.75 Å². The van der Waals surface area contributed by atoms with Crippen LogP contribution in [0, 0.1) is 10.1 Å². The van der Waals surface area contributed by atoms with Crippen molar-refractivity contribution >= 4 is 52.3 Å². The summed E-state index contributed by atoms with van der Waals surface area (Å²) in [6.07, 6.45) is 2.91. The highest BCUT2D eigenvalue weighted by Crippen LogP contribution is 2.28. The number of carbonyl (C=O) groups excluding carboxylic acids is 1. The van der Waals surface area contributed by atoms with Crippen LogP contribution in [-0.2, 0) is 4.79 Å². The first-order valence-corrected chi connectivity index (χ1v) is 8.05. The Balaban J connectivity index is 2.01. The lowest BCUT2D eigenvalue weighted by molar-refractivity contribution is -0.384. The third-order valence-electron chi connectivity index (χ3n) is 3.18. The van der Waals surface area contributed by atoms with Gasteiger partial charge in [-0.25, -0.2) is 0 Å². The number of benzene rings is 2. The molecule has 0 fully saturated rings. The van der Waals surface area contributed by atoms with Crippen LogP contribution in [0.1, 0.15) is 5.56 Å². The summed E-state index contributed by atoms with van der Waals surface area (Å²) < 4.78 is 5.12. The average molecular weight is 392 g/mol. The van der Waals surface area contributed by atoms with E-state index in [-0.39, 0.29) is 16.5 Å². The summed E-state index contributed by atoms with van der Waals surface area (Å²) in [6.45, 7) is 0. The molecular formula is C17H14ClN3O4S. The van der Waals surface area contributed by atoms with Crippen molar-refractivity contribution in [2.24, 2.45) is 0 Å². The lowest BCUT2D eigenvalue weighted by Gasteiger charge is -2.11. The van der Waals surface area contributed by atoms with Crippen molar-refractivity contribution in [3.63, 3.8) is 0 Å². The molecule has 26 heavy (non-hydrogen) atoms. The summed E-state index contributed by atoms with van der Waals surface area (Å²) in [5.74, 6) is -0.106. The van der Waals surface area contributed by atoms with Gasteiger partial charge in [-0.15, -0.1) is 0 Å². The summed E-state index contributed by atoms with van der Waals surface area (Å²) in [4.78, 5) is 22.3. The minimum Gasteiger partial charge on any atom is -0.495 e. The van der Waals surface area contributed by atoms with Crippen molar-refractivity contribution in [1.82, 2.24) is 5.32 Å². The van der Waals surface area contributed by atoms with Crippen LogP contribution in [0.25, 0.3) is 6.08 Å². The van der Waals surface area contributed by atoms with Crippen LogP contribution in [0.4, 0.5) is 11.4 Å². The van der Waals surface area contributed by atoms with E-state index in [9.17, 15) is 14.9 Å². The van der Waals surface area contributed by atoms with Crippen molar-refractivity contribution < 1.29 is 14.5 Å². The number of nitrogens with zero attached hydrogens (tertiary/aromatic N) is 1. The molecule has 0 aromatic heterocycles. The van der Waals surface area contributed by atoms with Gasteiger partial charge in [0.15, 0.2) is 5.11 Å². The van der Waals surface area contributed by atoms with Crippen LogP contribution in [0.2, 0.25) is 5.02 Å². The van der Waals surface area contributed by atoms with E-state index in [1.165, 1.54) is 31.4 Å². The van der Waals surface area contributed by atoms with Gasteiger partial charge in [0.1, 0.15) is 5.75 Å². The van der Waals surface area contributed by atoms with E-state index in [4.69, 9.17) is 28.6 Å². The first kappa shape index (κ1) is 19.4. The normalized spacial score (nSPS) is 10.4. The zero-order valence-electron chi connectivity index (χ0n) is 13.6. The number of carbonyl (C=O) groups is 1. The van der Waals surface area contributed by atoms with Gasteiger partial charge in [0, 0.05) is 23.2 Å². The van der Waals surface area contributed by atoms with Crippen molar-refractivity contribution in [3.05, 3.63) is 69.2 Å². The van der Waals surface area contributed by atoms with Gasteiger partial charge in [0.25, 0.3) is 5.69 Å². The maximum Gasteiger partial charge on any atom is 0.271 e. The molecule has 2 aromatic rings. The van der Waals surface area contributed by atoms with Gasteiger partial charge in [-0.1, -0.05) is 23.7 Å². The highest BCUT2D eigenvalue weighted by molar-refractivity contribution is 7.80. The van der Waals surface area contributed by atoms with E-state index in [2.05, 4.69) is 10.6 Å². The molecule has 0 saturated heterocycles. The van der Waals surface area contributed by atoms with Crippen molar-refractivity contribution in [2.75, 3.05) is 12.4 Å². The SMILES string of the molecule is COc1ccc([N+](=O)[O-])cc1NC(=S)NC(=O)/C=C/c1ccc(Cl)cc1. The van der Waals surface area contributed by atoms with Crippen molar-refractivity contribution in [2.45, 2.75) is 0 Å². The minimum atomic E-state index is -0.541. The Morgan fingerprint density at radius 1 is 1.27 bits per heavy atom. The first-order chi connectivity index (χ1) is 12.4. The average Bonchev–Trinajstić information content (AvgIpc) is 2.61. The van der Waals surface area contributed by atoms with E-state index in [0.29, 0.717) is 10.8 Å². The number of hydrogen-bond donors (Lipinski definition) is 2. The molecule has 7 nitrogen and oxygen atoms in total. The van der Waals surface area contributed by atoms with E-state index >= 15 is 0 Å². The monoisotopic (exact) mass is 391 g/mol. The molecule has 2 rings (SSSR count). The number of rotatable bonds is 5. The molecule has 0 atom stereocenters.